The van der Waals surface area contributed by atoms with Gasteiger partial charge in [0.2, 0.25) is 0 Å². The van der Waals surface area contributed by atoms with Crippen LogP contribution in [0.2, 0.25) is 0 Å². The largest absolute Gasteiger partial charge is 0.360 e. The number of nitrogens with one attached hydrogen (secondary N) is 2. The summed E-state index contributed by atoms with van der Waals surface area (Å²) in [4.78, 5) is 11.0. The van der Waals surface area contributed by atoms with Crippen molar-refractivity contribution in [3.63, 3.8) is 0 Å². The van der Waals surface area contributed by atoms with Crippen LogP contribution in [0.15, 0.2) is 47.6 Å². The standard InChI is InChI=1S/C27H31FN4/c1-18-11-20(23-13-30-26-12-21(28)6-7-22(23)26)5-8-24(18)31-25(19-3-2-4-19)9-10-32-16-27(17-32)14-29-15-27/h5-8,11-13,19,29-30H,2-4,9-10,14-17H2,1H3. The highest BCUT2D eigenvalue weighted by Gasteiger charge is 2.47. The number of fused-ring (bicyclic) bond motifs is 1. The average molecular weight is 431 g/mol. The normalized spacial score (nSPS) is 20.9. The van der Waals surface area contributed by atoms with Crippen molar-refractivity contribution in [2.45, 2.75) is 32.6 Å². The predicted octanol–water partition coefficient (Wildman–Crippen LogP) is 5.45. The van der Waals surface area contributed by atoms with Gasteiger partial charge in [-0.1, -0.05) is 12.5 Å². The van der Waals surface area contributed by atoms with Gasteiger partial charge in [0.1, 0.15) is 5.82 Å². The van der Waals surface area contributed by atoms with Gasteiger partial charge in [-0.15, -0.1) is 0 Å². The monoisotopic (exact) mass is 430 g/mol. The second-order valence-electron chi connectivity index (χ2n) is 10.2. The summed E-state index contributed by atoms with van der Waals surface area (Å²) in [6.07, 6.45) is 6.97. The predicted molar refractivity (Wildman–Crippen MR) is 129 cm³/mol. The van der Waals surface area contributed by atoms with E-state index < -0.39 is 0 Å². The van der Waals surface area contributed by atoms with Crippen LogP contribution < -0.4 is 5.32 Å². The van der Waals surface area contributed by atoms with Gasteiger partial charge < -0.3 is 15.2 Å². The summed E-state index contributed by atoms with van der Waals surface area (Å²) in [5, 5.41) is 4.47. The summed E-state index contributed by atoms with van der Waals surface area (Å²) in [7, 11) is 0. The minimum absolute atomic E-state index is 0.215. The molecule has 4 nitrogen and oxygen atoms in total. The van der Waals surface area contributed by atoms with Gasteiger partial charge in [0.15, 0.2) is 0 Å². The third-order valence-electron chi connectivity index (χ3n) is 7.79. The van der Waals surface area contributed by atoms with Crippen molar-refractivity contribution in [3.05, 3.63) is 54.0 Å². The Morgan fingerprint density at radius 1 is 1.16 bits per heavy atom. The topological polar surface area (TPSA) is 43.4 Å². The van der Waals surface area contributed by atoms with Gasteiger partial charge in [-0.25, -0.2) is 4.39 Å². The number of aliphatic imine (C=N–C) groups is 1. The Bertz CT molecular complexity index is 1180. The van der Waals surface area contributed by atoms with Crippen LogP contribution in [0.5, 0.6) is 0 Å². The first-order valence-corrected chi connectivity index (χ1v) is 12.0. The molecule has 1 aliphatic carbocycles. The first-order valence-electron chi connectivity index (χ1n) is 12.0. The second kappa shape index (κ2) is 7.82. The van der Waals surface area contributed by atoms with Gasteiger partial charge in [0, 0.05) is 66.5 Å². The van der Waals surface area contributed by atoms with Gasteiger partial charge in [-0.3, -0.25) is 4.99 Å². The number of rotatable bonds is 6. The minimum atomic E-state index is -0.215. The molecule has 1 aromatic heterocycles. The fourth-order valence-corrected chi connectivity index (χ4v) is 5.57. The molecule has 0 atom stereocenters. The number of aromatic amines is 1. The van der Waals surface area contributed by atoms with Crippen LogP contribution in [-0.2, 0) is 0 Å². The van der Waals surface area contributed by atoms with Crippen LogP contribution >= 0.6 is 0 Å². The summed E-state index contributed by atoms with van der Waals surface area (Å²) >= 11 is 0. The van der Waals surface area contributed by atoms with E-state index in [0.29, 0.717) is 11.3 Å². The molecule has 166 valence electrons. The van der Waals surface area contributed by atoms with E-state index in [1.54, 1.807) is 6.07 Å². The first kappa shape index (κ1) is 20.1. The molecule has 2 aliphatic heterocycles. The number of aromatic nitrogens is 1. The van der Waals surface area contributed by atoms with Crippen LogP contribution in [0.1, 0.15) is 31.2 Å². The summed E-state index contributed by atoms with van der Waals surface area (Å²) in [5.74, 6) is 0.450. The fraction of sp³-hybridized carbons (Fsp3) is 0.444. The first-order chi connectivity index (χ1) is 15.6. The number of benzene rings is 2. The van der Waals surface area contributed by atoms with Crippen LogP contribution in [0.4, 0.5) is 10.1 Å². The lowest BCUT2D eigenvalue weighted by Crippen LogP contribution is -2.71. The smallest absolute Gasteiger partial charge is 0.125 e. The van der Waals surface area contributed by atoms with Crippen molar-refractivity contribution < 1.29 is 4.39 Å². The lowest BCUT2D eigenvalue weighted by atomic mass is 9.74. The molecule has 0 unspecified atom stereocenters. The van der Waals surface area contributed by atoms with Crippen molar-refractivity contribution in [1.82, 2.24) is 15.2 Å². The fourth-order valence-electron chi connectivity index (χ4n) is 5.57. The number of aryl methyl sites for hydroxylation is 1. The summed E-state index contributed by atoms with van der Waals surface area (Å²) in [6.45, 7) is 8.19. The number of nitrogens with zero attached hydrogens (tertiary/aromatic N) is 2. The molecule has 3 aromatic rings. The van der Waals surface area contributed by atoms with Crippen molar-refractivity contribution >= 4 is 22.3 Å². The number of likely N-dealkylation sites (tertiary alicyclic amines) is 1. The van der Waals surface area contributed by atoms with Gasteiger partial charge in [0.25, 0.3) is 0 Å². The van der Waals surface area contributed by atoms with Gasteiger partial charge >= 0.3 is 0 Å². The molecule has 1 spiro atoms. The minimum Gasteiger partial charge on any atom is -0.360 e. The Hall–Kier alpha value is -2.50. The maximum atomic E-state index is 13.5. The molecule has 0 amide bonds. The molecule has 3 heterocycles. The number of halogens is 1. The van der Waals surface area contributed by atoms with Crippen LogP contribution in [0, 0.1) is 24.1 Å². The zero-order valence-corrected chi connectivity index (χ0v) is 18.8. The second-order valence-corrected chi connectivity index (χ2v) is 10.2. The molecule has 3 aliphatic rings. The number of hydrogen-bond acceptors (Lipinski definition) is 3. The third-order valence-corrected chi connectivity index (χ3v) is 7.79. The molecule has 5 heteroatoms. The van der Waals surface area contributed by atoms with Crippen LogP contribution in [0.3, 0.4) is 0 Å². The summed E-state index contributed by atoms with van der Waals surface area (Å²) < 4.78 is 13.5. The zero-order valence-electron chi connectivity index (χ0n) is 18.8. The molecule has 0 radical (unpaired) electrons. The quantitative estimate of drug-likeness (QED) is 0.511. The van der Waals surface area contributed by atoms with E-state index in [1.807, 2.05) is 12.3 Å². The number of hydrogen-bond donors (Lipinski definition) is 2. The summed E-state index contributed by atoms with van der Waals surface area (Å²) in [5.41, 5.74) is 7.34. The Morgan fingerprint density at radius 3 is 2.69 bits per heavy atom. The van der Waals surface area contributed by atoms with E-state index >= 15 is 0 Å². The molecule has 2 N–H and O–H groups in total. The molecular formula is C27H31FN4. The van der Waals surface area contributed by atoms with E-state index in [9.17, 15) is 4.39 Å². The van der Waals surface area contributed by atoms with Crippen molar-refractivity contribution in [2.75, 3.05) is 32.7 Å². The van der Waals surface area contributed by atoms with E-state index in [2.05, 4.69) is 40.3 Å². The van der Waals surface area contributed by atoms with Crippen molar-refractivity contribution in [2.24, 2.45) is 16.3 Å². The molecule has 2 aromatic carbocycles. The molecule has 6 rings (SSSR count). The number of H-pyrrole nitrogens is 1. The Labute approximate surface area is 188 Å². The van der Waals surface area contributed by atoms with Crippen LogP contribution in [0.25, 0.3) is 22.0 Å². The van der Waals surface area contributed by atoms with Crippen molar-refractivity contribution in [3.8, 4) is 11.1 Å². The maximum absolute atomic E-state index is 13.5. The average Bonchev–Trinajstić information content (AvgIpc) is 3.08. The molecule has 3 fully saturated rings. The van der Waals surface area contributed by atoms with E-state index in [0.717, 1.165) is 40.7 Å². The lowest BCUT2D eigenvalue weighted by Gasteiger charge is -2.56. The molecule has 0 bridgehead atoms. The molecule has 2 saturated heterocycles. The van der Waals surface area contributed by atoms with E-state index in [4.69, 9.17) is 4.99 Å². The Morgan fingerprint density at radius 2 is 2.00 bits per heavy atom. The van der Waals surface area contributed by atoms with E-state index in [-0.39, 0.29) is 5.82 Å². The molecular weight excluding hydrogens is 399 g/mol. The Balaban J connectivity index is 1.21. The third kappa shape index (κ3) is 3.57. The highest BCUT2D eigenvalue weighted by Crippen LogP contribution is 2.36. The SMILES string of the molecule is Cc1cc(-c2c[nH]c3cc(F)ccc23)ccc1N=C(CCN1CC2(CNC2)C1)C1CCC1. The molecule has 32 heavy (non-hydrogen) atoms. The maximum Gasteiger partial charge on any atom is 0.125 e. The van der Waals surface area contributed by atoms with Gasteiger partial charge in [-0.05, 0) is 73.6 Å². The Kier molecular flexibility index (Phi) is 4.92. The summed E-state index contributed by atoms with van der Waals surface area (Å²) in [6, 6.07) is 11.5. The van der Waals surface area contributed by atoms with Crippen molar-refractivity contribution in [1.29, 1.82) is 0 Å². The molecule has 1 saturated carbocycles. The highest BCUT2D eigenvalue weighted by atomic mass is 19.1. The van der Waals surface area contributed by atoms with Gasteiger partial charge in [0.05, 0.1) is 5.69 Å². The lowest BCUT2D eigenvalue weighted by molar-refractivity contribution is -0.0374. The van der Waals surface area contributed by atoms with Crippen LogP contribution in [-0.4, -0.2) is 48.3 Å². The zero-order chi connectivity index (χ0) is 21.7. The van der Waals surface area contributed by atoms with Gasteiger partial charge in [-0.2, -0.15) is 0 Å². The van der Waals surface area contributed by atoms with E-state index in [1.165, 1.54) is 62.8 Å². The highest BCUT2D eigenvalue weighted by molar-refractivity contribution is 5.96.